The number of nitrogens with one attached hydrogen (secondary N) is 1. The van der Waals surface area contributed by atoms with Gasteiger partial charge in [-0.1, -0.05) is 37.3 Å². The zero-order valence-corrected chi connectivity index (χ0v) is 19.3. The second-order valence-corrected chi connectivity index (χ2v) is 9.86. The van der Waals surface area contributed by atoms with Crippen LogP contribution in [0.15, 0.2) is 42.6 Å². The molecule has 2 bridgehead atoms. The van der Waals surface area contributed by atoms with Crippen LogP contribution in [-0.4, -0.2) is 46.7 Å². The van der Waals surface area contributed by atoms with Gasteiger partial charge in [0.2, 0.25) is 5.91 Å². The second-order valence-electron chi connectivity index (χ2n) is 9.86. The number of fused-ring (bicyclic) bond motifs is 2. The van der Waals surface area contributed by atoms with Crippen molar-refractivity contribution >= 4 is 17.2 Å². The highest BCUT2D eigenvalue weighted by atomic mass is 16.5. The van der Waals surface area contributed by atoms with Crippen LogP contribution in [0.5, 0.6) is 0 Å². The third kappa shape index (κ3) is 3.32. The lowest BCUT2D eigenvalue weighted by molar-refractivity contribution is -0.122. The standard InChI is InChI=1S/C26H31N5O2/c1-3-23(32)27-13-22-20-12-26(22,33-16-20)25-28-24-17(2)11-21(15-31(24)29-25)30-10-9-19(14-30)18-7-5-4-6-8-18/h4-8,11,15,19-20,22H,3,9-10,12-14,16H2,1-2H3,(H,27,32). The van der Waals surface area contributed by atoms with Crippen molar-refractivity contribution in [3.63, 3.8) is 0 Å². The number of amides is 1. The Morgan fingerprint density at radius 3 is 2.94 bits per heavy atom. The van der Waals surface area contributed by atoms with Crippen LogP contribution >= 0.6 is 0 Å². The van der Waals surface area contributed by atoms with Crippen LogP contribution in [0, 0.1) is 18.8 Å². The van der Waals surface area contributed by atoms with Crippen LogP contribution in [0.3, 0.4) is 0 Å². The highest BCUT2D eigenvalue weighted by molar-refractivity contribution is 5.75. The normalized spacial score (nSPS) is 28.3. The Balaban J connectivity index is 1.25. The SMILES string of the molecule is CCC(=O)NCC1C2COC1(c1nc3c(C)cc(N4CCC(c5ccccc5)C4)cn3n1)C2. The molecule has 1 aliphatic carbocycles. The molecule has 3 aromatic rings. The molecule has 4 fully saturated rings. The van der Waals surface area contributed by atoms with Crippen LogP contribution in [0.25, 0.3) is 5.65 Å². The third-order valence-electron chi connectivity index (χ3n) is 7.93. The van der Waals surface area contributed by atoms with Crippen molar-refractivity contribution in [2.75, 3.05) is 31.1 Å². The maximum Gasteiger partial charge on any atom is 0.219 e. The summed E-state index contributed by atoms with van der Waals surface area (Å²) in [5.74, 6) is 2.13. The maximum atomic E-state index is 11.8. The van der Waals surface area contributed by atoms with Gasteiger partial charge >= 0.3 is 0 Å². The lowest BCUT2D eigenvalue weighted by Gasteiger charge is -2.43. The second kappa shape index (κ2) is 7.83. The van der Waals surface area contributed by atoms with Crippen LogP contribution in [0.1, 0.15) is 49.1 Å². The number of anilines is 1. The Kier molecular flexibility index (Phi) is 4.91. The number of aromatic nitrogens is 3. The molecule has 4 atom stereocenters. The molecule has 1 saturated carbocycles. The number of pyridine rings is 1. The van der Waals surface area contributed by atoms with Gasteiger partial charge in [-0.15, -0.1) is 5.10 Å². The van der Waals surface area contributed by atoms with Crippen molar-refractivity contribution in [2.24, 2.45) is 11.8 Å². The zero-order valence-electron chi connectivity index (χ0n) is 19.3. The summed E-state index contributed by atoms with van der Waals surface area (Å²) in [6.45, 7) is 7.40. The van der Waals surface area contributed by atoms with E-state index in [9.17, 15) is 4.79 Å². The van der Waals surface area contributed by atoms with E-state index in [-0.39, 0.29) is 11.8 Å². The highest BCUT2D eigenvalue weighted by Crippen LogP contribution is 2.58. The van der Waals surface area contributed by atoms with Crippen molar-refractivity contribution in [1.29, 1.82) is 0 Å². The topological polar surface area (TPSA) is 71.8 Å². The lowest BCUT2D eigenvalue weighted by Crippen LogP contribution is -2.51. The minimum Gasteiger partial charge on any atom is -0.370 e. The number of benzene rings is 1. The Hall–Kier alpha value is -2.93. The number of aryl methyl sites for hydroxylation is 1. The molecule has 1 aromatic carbocycles. The predicted molar refractivity (Wildman–Crippen MR) is 126 cm³/mol. The smallest absolute Gasteiger partial charge is 0.219 e. The molecule has 3 saturated heterocycles. The Bertz CT molecular complexity index is 1190. The van der Waals surface area contributed by atoms with Crippen molar-refractivity contribution < 1.29 is 9.53 Å². The number of carbonyl (C=O) groups is 1. The van der Waals surface area contributed by atoms with Crippen molar-refractivity contribution in [1.82, 2.24) is 19.9 Å². The van der Waals surface area contributed by atoms with Gasteiger partial charge in [-0.2, -0.15) is 0 Å². The Morgan fingerprint density at radius 1 is 1.30 bits per heavy atom. The van der Waals surface area contributed by atoms with E-state index in [0.717, 1.165) is 49.6 Å². The summed E-state index contributed by atoms with van der Waals surface area (Å²) < 4.78 is 8.17. The quantitative estimate of drug-likeness (QED) is 0.630. The van der Waals surface area contributed by atoms with Crippen molar-refractivity contribution in [3.05, 3.63) is 59.5 Å². The molecular formula is C26H31N5O2. The molecule has 5 heterocycles. The molecule has 2 aromatic heterocycles. The fourth-order valence-electron chi connectivity index (χ4n) is 5.98. The number of rotatable bonds is 6. The summed E-state index contributed by atoms with van der Waals surface area (Å²) in [5.41, 5.74) is 4.15. The molecule has 7 nitrogen and oxygen atoms in total. The molecule has 33 heavy (non-hydrogen) atoms. The predicted octanol–water partition coefficient (Wildman–Crippen LogP) is 3.42. The summed E-state index contributed by atoms with van der Waals surface area (Å²) in [6.07, 6.45) is 4.71. The summed E-state index contributed by atoms with van der Waals surface area (Å²) >= 11 is 0. The summed E-state index contributed by atoms with van der Waals surface area (Å²) in [6, 6.07) is 13.0. The van der Waals surface area contributed by atoms with E-state index >= 15 is 0 Å². The summed E-state index contributed by atoms with van der Waals surface area (Å²) in [7, 11) is 0. The van der Waals surface area contributed by atoms with Crippen LogP contribution < -0.4 is 10.2 Å². The molecule has 4 aliphatic rings. The van der Waals surface area contributed by atoms with E-state index in [1.807, 2.05) is 11.4 Å². The van der Waals surface area contributed by atoms with Gasteiger partial charge in [0.25, 0.3) is 0 Å². The number of hydrogen-bond donors (Lipinski definition) is 1. The summed E-state index contributed by atoms with van der Waals surface area (Å²) in [5, 5.41) is 7.96. The average molecular weight is 446 g/mol. The van der Waals surface area contributed by atoms with Gasteiger partial charge in [0, 0.05) is 37.9 Å². The minimum atomic E-state index is -0.462. The zero-order chi connectivity index (χ0) is 22.6. The van der Waals surface area contributed by atoms with E-state index in [4.69, 9.17) is 14.8 Å². The van der Waals surface area contributed by atoms with Crippen LogP contribution in [0.2, 0.25) is 0 Å². The summed E-state index contributed by atoms with van der Waals surface area (Å²) in [4.78, 5) is 19.2. The van der Waals surface area contributed by atoms with E-state index in [1.54, 1.807) is 0 Å². The first-order valence-corrected chi connectivity index (χ1v) is 12.2. The first-order chi connectivity index (χ1) is 16.1. The Morgan fingerprint density at radius 2 is 2.15 bits per heavy atom. The minimum absolute atomic E-state index is 0.0827. The van der Waals surface area contributed by atoms with Crippen LogP contribution in [0.4, 0.5) is 5.69 Å². The van der Waals surface area contributed by atoms with Gasteiger partial charge in [0.05, 0.1) is 18.5 Å². The Labute approximate surface area is 194 Å². The first kappa shape index (κ1) is 20.7. The molecule has 1 N–H and O–H groups in total. The molecule has 172 valence electrons. The number of hydrogen-bond acceptors (Lipinski definition) is 5. The average Bonchev–Trinajstić information content (AvgIpc) is 3.61. The fraction of sp³-hybridized carbons (Fsp3) is 0.500. The van der Waals surface area contributed by atoms with E-state index < -0.39 is 5.60 Å². The monoisotopic (exact) mass is 445 g/mol. The van der Waals surface area contributed by atoms with Gasteiger partial charge in [0.1, 0.15) is 5.60 Å². The molecule has 7 heteroatoms. The van der Waals surface area contributed by atoms with E-state index in [2.05, 4.69) is 59.7 Å². The molecule has 3 aliphatic heterocycles. The van der Waals surface area contributed by atoms with Gasteiger partial charge in [0.15, 0.2) is 11.5 Å². The fourth-order valence-corrected chi connectivity index (χ4v) is 5.98. The van der Waals surface area contributed by atoms with Gasteiger partial charge in [-0.3, -0.25) is 4.79 Å². The van der Waals surface area contributed by atoms with E-state index in [0.29, 0.717) is 24.8 Å². The van der Waals surface area contributed by atoms with Gasteiger partial charge in [-0.25, -0.2) is 9.50 Å². The first-order valence-electron chi connectivity index (χ1n) is 12.2. The highest BCUT2D eigenvalue weighted by Gasteiger charge is 2.63. The van der Waals surface area contributed by atoms with Crippen molar-refractivity contribution in [2.45, 2.75) is 44.6 Å². The molecule has 4 unspecified atom stereocenters. The molecular weight excluding hydrogens is 414 g/mol. The molecule has 7 rings (SSSR count). The largest absolute Gasteiger partial charge is 0.370 e. The lowest BCUT2D eigenvalue weighted by atomic mass is 9.63. The van der Waals surface area contributed by atoms with Crippen LogP contribution in [-0.2, 0) is 15.1 Å². The molecule has 0 spiro atoms. The van der Waals surface area contributed by atoms with E-state index in [1.165, 1.54) is 11.3 Å². The van der Waals surface area contributed by atoms with Gasteiger partial charge < -0.3 is 15.0 Å². The number of carbonyl (C=O) groups excluding carboxylic acids is 1. The third-order valence-corrected chi connectivity index (χ3v) is 7.93. The maximum absolute atomic E-state index is 11.8. The molecule has 1 amide bonds. The van der Waals surface area contributed by atoms with Crippen molar-refractivity contribution in [3.8, 4) is 0 Å². The number of ether oxygens (including phenoxy) is 1. The van der Waals surface area contributed by atoms with Gasteiger partial charge in [-0.05, 0) is 42.9 Å². The number of nitrogens with zero attached hydrogens (tertiary/aromatic N) is 4. The molecule has 0 radical (unpaired) electrons.